The fourth-order valence-corrected chi connectivity index (χ4v) is 1.24. The Morgan fingerprint density at radius 1 is 1.36 bits per heavy atom. The third kappa shape index (κ3) is 2.87. The van der Waals surface area contributed by atoms with Crippen molar-refractivity contribution in [3.8, 4) is 0 Å². The van der Waals surface area contributed by atoms with Crippen molar-refractivity contribution in [2.24, 2.45) is 5.92 Å². The molecule has 0 spiro atoms. The molecule has 0 amide bonds. The van der Waals surface area contributed by atoms with Crippen LogP contribution >= 0.6 is 0 Å². The van der Waals surface area contributed by atoms with Gasteiger partial charge >= 0.3 is 0 Å². The van der Waals surface area contributed by atoms with Crippen molar-refractivity contribution < 1.29 is 4.79 Å². The number of nitrogen functional groups attached to an aromatic ring is 1. The van der Waals surface area contributed by atoms with E-state index in [4.69, 9.17) is 5.73 Å². The van der Waals surface area contributed by atoms with Crippen molar-refractivity contribution in [1.82, 2.24) is 0 Å². The number of Topliss-reactive ketones (excluding diaryl/α,β-unsaturated/α-hetero) is 1. The number of hydrogen-bond acceptors (Lipinski definition) is 2. The van der Waals surface area contributed by atoms with Gasteiger partial charge in [-0.3, -0.25) is 4.79 Å². The summed E-state index contributed by atoms with van der Waals surface area (Å²) in [4.78, 5) is 11.6. The zero-order valence-electron chi connectivity index (χ0n) is 8.79. The molecular formula is C12H17NO. The van der Waals surface area contributed by atoms with E-state index in [1.807, 2.05) is 38.1 Å². The first kappa shape index (κ1) is 10.8. The highest BCUT2D eigenvalue weighted by molar-refractivity contribution is 5.82. The van der Waals surface area contributed by atoms with Crippen molar-refractivity contribution in [3.63, 3.8) is 0 Å². The van der Waals surface area contributed by atoms with E-state index in [2.05, 4.69) is 0 Å². The molecular weight excluding hydrogens is 174 g/mol. The molecule has 2 N–H and O–H groups in total. The number of rotatable bonds is 4. The second-order valence-electron chi connectivity index (χ2n) is 3.69. The zero-order valence-corrected chi connectivity index (χ0v) is 8.79. The van der Waals surface area contributed by atoms with Gasteiger partial charge in [0, 0.05) is 18.0 Å². The highest BCUT2D eigenvalue weighted by Crippen LogP contribution is 2.10. The Hall–Kier alpha value is -1.31. The highest BCUT2D eigenvalue weighted by Gasteiger charge is 2.10. The molecule has 1 aromatic rings. The molecule has 76 valence electrons. The predicted molar refractivity (Wildman–Crippen MR) is 59.0 cm³/mol. The molecule has 2 nitrogen and oxygen atoms in total. The fraction of sp³-hybridized carbons (Fsp3) is 0.417. The minimum absolute atomic E-state index is 0.160. The summed E-state index contributed by atoms with van der Waals surface area (Å²) in [5, 5.41) is 0. The third-order valence-electron chi connectivity index (χ3n) is 2.52. The van der Waals surface area contributed by atoms with Crippen LogP contribution in [0, 0.1) is 5.92 Å². The van der Waals surface area contributed by atoms with Crippen molar-refractivity contribution in [1.29, 1.82) is 0 Å². The molecule has 0 aliphatic carbocycles. The number of anilines is 1. The van der Waals surface area contributed by atoms with E-state index in [1.165, 1.54) is 0 Å². The van der Waals surface area contributed by atoms with Gasteiger partial charge in [0.1, 0.15) is 5.78 Å². The van der Waals surface area contributed by atoms with Gasteiger partial charge in [-0.2, -0.15) is 0 Å². The average molecular weight is 191 g/mol. The molecule has 1 atom stereocenters. The van der Waals surface area contributed by atoms with Crippen LogP contribution in [0.15, 0.2) is 24.3 Å². The number of benzene rings is 1. The van der Waals surface area contributed by atoms with Crippen LogP contribution in [0.3, 0.4) is 0 Å². The van der Waals surface area contributed by atoms with Crippen LogP contribution in [0.4, 0.5) is 5.69 Å². The second-order valence-corrected chi connectivity index (χ2v) is 3.69. The lowest BCUT2D eigenvalue weighted by Gasteiger charge is -2.07. The minimum Gasteiger partial charge on any atom is -0.399 e. The first-order chi connectivity index (χ1) is 6.63. The highest BCUT2D eigenvalue weighted by atomic mass is 16.1. The smallest absolute Gasteiger partial charge is 0.140 e. The van der Waals surface area contributed by atoms with Crippen molar-refractivity contribution in [2.45, 2.75) is 26.7 Å². The van der Waals surface area contributed by atoms with Crippen molar-refractivity contribution in [2.75, 3.05) is 5.73 Å². The summed E-state index contributed by atoms with van der Waals surface area (Å²) < 4.78 is 0. The molecule has 1 rings (SSSR count). The van der Waals surface area contributed by atoms with Crippen LogP contribution in [0.5, 0.6) is 0 Å². The van der Waals surface area contributed by atoms with Gasteiger partial charge in [0.05, 0.1) is 0 Å². The van der Waals surface area contributed by atoms with E-state index in [9.17, 15) is 4.79 Å². The Morgan fingerprint density at radius 2 is 1.93 bits per heavy atom. The summed E-state index contributed by atoms with van der Waals surface area (Å²) in [6.07, 6.45) is 1.43. The molecule has 1 aromatic carbocycles. The van der Waals surface area contributed by atoms with E-state index < -0.39 is 0 Å². The van der Waals surface area contributed by atoms with Gasteiger partial charge in [0.25, 0.3) is 0 Å². The molecule has 2 heteroatoms. The molecule has 0 saturated heterocycles. The summed E-state index contributed by atoms with van der Waals surface area (Å²) in [5.74, 6) is 0.463. The van der Waals surface area contributed by atoms with Crippen LogP contribution in [0.25, 0.3) is 0 Å². The number of nitrogens with two attached hydrogens (primary N) is 1. The summed E-state index contributed by atoms with van der Waals surface area (Å²) in [6, 6.07) is 7.49. The predicted octanol–water partition coefficient (Wildman–Crippen LogP) is 2.43. The molecule has 0 aliphatic rings. The Bertz CT molecular complexity index is 303. The minimum atomic E-state index is 0.160. The Kier molecular flexibility index (Phi) is 3.69. The lowest BCUT2D eigenvalue weighted by molar-refractivity contribution is -0.121. The maximum absolute atomic E-state index is 11.6. The topological polar surface area (TPSA) is 43.1 Å². The Morgan fingerprint density at radius 3 is 2.43 bits per heavy atom. The number of ketones is 1. The molecule has 0 fully saturated rings. The molecule has 0 aliphatic heterocycles. The summed E-state index contributed by atoms with van der Waals surface area (Å²) in [5.41, 5.74) is 7.34. The number of carbonyl (C=O) groups excluding carboxylic acids is 1. The zero-order chi connectivity index (χ0) is 10.6. The largest absolute Gasteiger partial charge is 0.399 e. The SMILES string of the molecule is CCC(C)C(=O)Cc1ccc(N)cc1. The van der Waals surface area contributed by atoms with Gasteiger partial charge in [-0.05, 0) is 24.1 Å². The Balaban J connectivity index is 2.60. The Labute approximate surface area is 85.1 Å². The fourth-order valence-electron chi connectivity index (χ4n) is 1.24. The van der Waals surface area contributed by atoms with Gasteiger partial charge < -0.3 is 5.73 Å². The van der Waals surface area contributed by atoms with Crippen LogP contribution in [-0.2, 0) is 11.2 Å². The molecule has 0 radical (unpaired) electrons. The first-order valence-electron chi connectivity index (χ1n) is 5.00. The summed E-state index contributed by atoms with van der Waals surface area (Å²) in [6.45, 7) is 4.01. The van der Waals surface area contributed by atoms with Crippen LogP contribution in [0.2, 0.25) is 0 Å². The molecule has 0 heterocycles. The normalized spacial score (nSPS) is 12.4. The molecule has 0 bridgehead atoms. The number of hydrogen-bond donors (Lipinski definition) is 1. The summed E-state index contributed by atoms with van der Waals surface area (Å²) in [7, 11) is 0. The second kappa shape index (κ2) is 4.80. The standard InChI is InChI=1S/C12H17NO/c1-3-9(2)12(14)8-10-4-6-11(13)7-5-10/h4-7,9H,3,8,13H2,1-2H3. The summed E-state index contributed by atoms with van der Waals surface area (Å²) >= 11 is 0. The van der Waals surface area contributed by atoms with Gasteiger partial charge in [-0.15, -0.1) is 0 Å². The van der Waals surface area contributed by atoms with Crippen molar-refractivity contribution in [3.05, 3.63) is 29.8 Å². The third-order valence-corrected chi connectivity index (χ3v) is 2.52. The number of carbonyl (C=O) groups is 1. The maximum atomic E-state index is 11.6. The van der Waals surface area contributed by atoms with Crippen LogP contribution in [0.1, 0.15) is 25.8 Å². The first-order valence-corrected chi connectivity index (χ1v) is 5.00. The van der Waals surface area contributed by atoms with Gasteiger partial charge in [0.2, 0.25) is 0 Å². The lowest BCUT2D eigenvalue weighted by atomic mass is 9.97. The molecule has 1 unspecified atom stereocenters. The van der Waals surface area contributed by atoms with Crippen molar-refractivity contribution >= 4 is 11.5 Å². The van der Waals surface area contributed by atoms with E-state index in [0.717, 1.165) is 17.7 Å². The molecule has 0 aromatic heterocycles. The van der Waals surface area contributed by atoms with E-state index >= 15 is 0 Å². The maximum Gasteiger partial charge on any atom is 0.140 e. The van der Waals surface area contributed by atoms with Gasteiger partial charge in [0.15, 0.2) is 0 Å². The average Bonchev–Trinajstić information content (AvgIpc) is 2.20. The monoisotopic (exact) mass is 191 g/mol. The molecule has 0 saturated carbocycles. The van der Waals surface area contributed by atoms with Gasteiger partial charge in [-0.25, -0.2) is 0 Å². The molecule has 14 heavy (non-hydrogen) atoms. The van der Waals surface area contributed by atoms with E-state index in [0.29, 0.717) is 12.2 Å². The van der Waals surface area contributed by atoms with Crippen LogP contribution in [-0.4, -0.2) is 5.78 Å². The van der Waals surface area contributed by atoms with Crippen LogP contribution < -0.4 is 5.73 Å². The van der Waals surface area contributed by atoms with E-state index in [-0.39, 0.29) is 5.92 Å². The van der Waals surface area contributed by atoms with E-state index in [1.54, 1.807) is 0 Å². The lowest BCUT2D eigenvalue weighted by Crippen LogP contribution is -2.12. The quantitative estimate of drug-likeness (QED) is 0.743. The van der Waals surface area contributed by atoms with Gasteiger partial charge in [-0.1, -0.05) is 26.0 Å².